The predicted octanol–water partition coefficient (Wildman–Crippen LogP) is 7.77. The van der Waals surface area contributed by atoms with Crippen molar-refractivity contribution in [2.45, 2.75) is 54.8 Å². The molecule has 1 N–H and O–H groups in total. The largest absolute Gasteiger partial charge is 0.393 e. The first-order valence-corrected chi connectivity index (χ1v) is 10.4. The molecule has 0 saturated carbocycles. The number of alkyl halides is 16. The molecule has 39 heavy (non-hydrogen) atoms. The van der Waals surface area contributed by atoms with Crippen LogP contribution >= 0.6 is 11.3 Å². The molecule has 220 valence electrons. The molecule has 0 unspecified atom stereocenters. The third kappa shape index (κ3) is 4.66. The Morgan fingerprint density at radius 1 is 0.744 bits per heavy atom. The molecule has 0 aliphatic rings. The summed E-state index contributed by atoms with van der Waals surface area (Å²) in [5.41, 5.74) is 0.170. The number of hydrogen-bond acceptors (Lipinski definition) is 3. The van der Waals surface area contributed by atoms with E-state index in [1.54, 1.807) is 0 Å². The van der Waals surface area contributed by atoms with Gasteiger partial charge in [-0.3, -0.25) is 10.1 Å². The number of carbonyl (C=O) groups is 1. The topological polar surface area (TPSA) is 42.0 Å². The van der Waals surface area contributed by atoms with E-state index in [-0.39, 0.29) is 27.5 Å². The summed E-state index contributed by atoms with van der Waals surface area (Å²) in [5.74, 6) is -60.0. The Morgan fingerprint density at radius 3 is 1.64 bits per heavy atom. The summed E-state index contributed by atoms with van der Waals surface area (Å²) >= 11 is 0.260. The molecule has 0 radical (unpaired) electrons. The van der Waals surface area contributed by atoms with Crippen LogP contribution in [-0.4, -0.2) is 58.8 Å². The number of nitrogens with one attached hydrogen (secondary N) is 1. The number of amides is 1. The Kier molecular flexibility index (Phi) is 8.05. The van der Waals surface area contributed by atoms with E-state index in [0.29, 0.717) is 0 Å². The summed E-state index contributed by atoms with van der Waals surface area (Å²) in [6.07, 6.45) is -5.93. The van der Waals surface area contributed by atoms with Gasteiger partial charge >= 0.3 is 53.8 Å². The van der Waals surface area contributed by atoms with Gasteiger partial charge in [-0.05, 0) is 6.92 Å². The minimum atomic E-state index is -8.58. The highest BCUT2D eigenvalue weighted by atomic mass is 32.1. The van der Waals surface area contributed by atoms with Crippen LogP contribution in [0.25, 0.3) is 11.3 Å². The fourth-order valence-corrected chi connectivity index (χ4v) is 3.60. The Morgan fingerprint density at radius 2 is 1.18 bits per heavy atom. The van der Waals surface area contributed by atoms with E-state index in [4.69, 9.17) is 0 Å². The van der Waals surface area contributed by atoms with Gasteiger partial charge in [-0.25, -0.2) is 13.8 Å². The summed E-state index contributed by atoms with van der Waals surface area (Å²) in [4.78, 5) is 15.3. The maximum atomic E-state index is 14.1. The van der Waals surface area contributed by atoms with E-state index in [2.05, 4.69) is 4.98 Å². The molecule has 2 aromatic rings. The number of anilines is 1. The van der Waals surface area contributed by atoms with Crippen LogP contribution in [0.4, 0.5) is 75.4 Å². The highest BCUT2D eigenvalue weighted by Crippen LogP contribution is 2.62. The van der Waals surface area contributed by atoms with Crippen molar-refractivity contribution in [3.05, 3.63) is 35.2 Å². The van der Waals surface area contributed by atoms with Gasteiger partial charge in [-0.1, -0.05) is 30.3 Å². The fraction of sp³-hybridized carbons (Fsp3) is 0.474. The van der Waals surface area contributed by atoms with Gasteiger partial charge in [0.2, 0.25) is 0 Å². The predicted molar refractivity (Wildman–Crippen MR) is 102 cm³/mol. The van der Waals surface area contributed by atoms with Gasteiger partial charge in [-0.2, -0.15) is 61.5 Å². The van der Waals surface area contributed by atoms with Gasteiger partial charge in [0.15, 0.2) is 5.13 Å². The monoisotopic (exact) mass is 618 g/mol. The molecule has 1 amide bonds. The lowest BCUT2D eigenvalue weighted by Gasteiger charge is -2.42. The number of thiazole rings is 1. The first-order chi connectivity index (χ1) is 17.3. The van der Waals surface area contributed by atoms with Crippen molar-refractivity contribution in [1.82, 2.24) is 4.98 Å². The van der Waals surface area contributed by atoms with Crippen molar-refractivity contribution in [1.29, 1.82) is 0 Å². The van der Waals surface area contributed by atoms with E-state index < -0.39 is 58.9 Å². The van der Waals surface area contributed by atoms with E-state index in [9.17, 15) is 75.0 Å². The quantitative estimate of drug-likeness (QED) is 0.277. The lowest BCUT2D eigenvalue weighted by molar-refractivity contribution is -0.443. The van der Waals surface area contributed by atoms with Crippen molar-refractivity contribution < 1.29 is 75.0 Å². The van der Waals surface area contributed by atoms with Crippen molar-refractivity contribution in [2.75, 3.05) is 5.32 Å². The van der Waals surface area contributed by atoms with Crippen LogP contribution in [0.3, 0.4) is 0 Å². The number of aromatic nitrogens is 1. The maximum absolute atomic E-state index is 14.1. The number of hydrogen-bond donors (Lipinski definition) is 1. The van der Waals surface area contributed by atoms with Gasteiger partial charge in [0.1, 0.15) is 0 Å². The second-order valence-corrected chi connectivity index (χ2v) is 8.82. The molecule has 20 heteroatoms. The molecule has 0 aliphatic carbocycles. The minimum Gasteiger partial charge on any atom is -0.296 e. The molecule has 3 nitrogen and oxygen atoms in total. The van der Waals surface area contributed by atoms with E-state index in [0.717, 1.165) is 5.32 Å². The lowest BCUT2D eigenvalue weighted by atomic mass is 9.89. The van der Waals surface area contributed by atoms with Gasteiger partial charge < -0.3 is 0 Å². The molecule has 0 saturated heterocycles. The molecule has 1 aromatic heterocycles. The standard InChI is InChI=1S/C19H10F16N2OS/c1-7-9(8-5-3-2-4-6-8)36-12(39-7)37-11(38)14(24,25)16(28,29)18(32,33)19(34,35)17(30,31)15(26,27)13(22,23)10(20)21/h2-6,10H,1H3,(H,36,37,38). The number of aryl methyl sites for hydroxylation is 1. The number of rotatable bonds is 10. The van der Waals surface area contributed by atoms with E-state index in [1.165, 1.54) is 37.3 Å². The average molecular weight is 618 g/mol. The first-order valence-electron chi connectivity index (χ1n) is 9.59. The molecule has 0 atom stereocenters. The summed E-state index contributed by atoms with van der Waals surface area (Å²) < 4.78 is 215. The molecule has 0 fully saturated rings. The Labute approximate surface area is 209 Å². The zero-order valence-corrected chi connectivity index (χ0v) is 19.1. The Balaban J connectivity index is 2.48. The third-order valence-electron chi connectivity index (χ3n) is 5.01. The smallest absolute Gasteiger partial charge is 0.296 e. The van der Waals surface area contributed by atoms with Crippen LogP contribution in [0.1, 0.15) is 4.88 Å². The number of nitrogens with zero attached hydrogens (tertiary/aromatic N) is 1. The van der Waals surface area contributed by atoms with Crippen molar-refractivity contribution in [3.63, 3.8) is 0 Å². The average Bonchev–Trinajstić information content (AvgIpc) is 3.18. The fourth-order valence-electron chi connectivity index (χ4n) is 2.77. The van der Waals surface area contributed by atoms with Gasteiger partial charge in [0.05, 0.1) is 5.69 Å². The van der Waals surface area contributed by atoms with Crippen molar-refractivity contribution in [2.24, 2.45) is 0 Å². The molecular weight excluding hydrogens is 608 g/mol. The molecule has 1 aromatic carbocycles. The van der Waals surface area contributed by atoms with Crippen LogP contribution < -0.4 is 5.32 Å². The van der Waals surface area contributed by atoms with Crippen LogP contribution in [-0.2, 0) is 4.79 Å². The SMILES string of the molecule is Cc1sc(NC(=O)C(F)(F)C(F)(F)C(F)(F)C(F)(F)C(F)(F)C(F)(F)C(F)(F)C(F)F)nc1-c1ccccc1. The summed E-state index contributed by atoms with van der Waals surface area (Å²) in [6, 6.07) is 7.17. The third-order valence-corrected chi connectivity index (χ3v) is 5.90. The minimum absolute atomic E-state index is 0.0790. The Hall–Kier alpha value is -2.80. The maximum Gasteiger partial charge on any atom is 0.393 e. The second kappa shape index (κ2) is 9.69. The molecule has 2 rings (SSSR count). The van der Waals surface area contributed by atoms with Crippen molar-refractivity contribution >= 4 is 22.4 Å². The molecule has 1 heterocycles. The Bertz CT molecular complexity index is 1200. The van der Waals surface area contributed by atoms with Gasteiger partial charge in [0.25, 0.3) is 0 Å². The summed E-state index contributed by atoms with van der Waals surface area (Å²) in [7, 11) is 0. The van der Waals surface area contributed by atoms with Gasteiger partial charge in [0, 0.05) is 10.4 Å². The zero-order valence-electron chi connectivity index (χ0n) is 18.3. The number of benzene rings is 1. The number of carbonyl (C=O) groups excluding carboxylic acids is 1. The van der Waals surface area contributed by atoms with E-state index >= 15 is 0 Å². The van der Waals surface area contributed by atoms with Crippen LogP contribution in [0, 0.1) is 6.92 Å². The summed E-state index contributed by atoms with van der Waals surface area (Å²) in [6.45, 7) is 1.24. The zero-order chi connectivity index (χ0) is 30.6. The molecule has 0 bridgehead atoms. The molecule has 0 aliphatic heterocycles. The van der Waals surface area contributed by atoms with Crippen LogP contribution in [0.5, 0.6) is 0 Å². The summed E-state index contributed by atoms with van der Waals surface area (Å²) in [5, 5.41) is -0.176. The van der Waals surface area contributed by atoms with Gasteiger partial charge in [-0.15, -0.1) is 11.3 Å². The molecular formula is C19H10F16N2OS. The second-order valence-electron chi connectivity index (χ2n) is 7.61. The highest BCUT2D eigenvalue weighted by Gasteiger charge is 2.94. The lowest BCUT2D eigenvalue weighted by Crippen LogP contribution is -2.74. The highest BCUT2D eigenvalue weighted by molar-refractivity contribution is 7.16. The number of halogens is 16. The normalized spacial score (nSPS) is 14.6. The van der Waals surface area contributed by atoms with Crippen LogP contribution in [0.2, 0.25) is 0 Å². The molecule has 0 spiro atoms. The van der Waals surface area contributed by atoms with Crippen molar-refractivity contribution in [3.8, 4) is 11.3 Å². The van der Waals surface area contributed by atoms with Crippen LogP contribution in [0.15, 0.2) is 30.3 Å². The first kappa shape index (κ1) is 32.4. The van der Waals surface area contributed by atoms with E-state index in [1.807, 2.05) is 0 Å².